The Labute approximate surface area is 241 Å². The van der Waals surface area contributed by atoms with Crippen LogP contribution >= 0.6 is 11.6 Å². The third-order valence-electron chi connectivity index (χ3n) is 7.51. The van der Waals surface area contributed by atoms with Crippen LogP contribution in [0.3, 0.4) is 0 Å². The van der Waals surface area contributed by atoms with Gasteiger partial charge in [-0.1, -0.05) is 54.1 Å². The van der Waals surface area contributed by atoms with E-state index >= 15 is 0 Å². The number of pyridine rings is 2. The zero-order chi connectivity index (χ0) is 28.3. The van der Waals surface area contributed by atoms with Gasteiger partial charge in [-0.3, -0.25) is 14.3 Å². The first-order valence-electron chi connectivity index (χ1n) is 13.5. The van der Waals surface area contributed by atoms with E-state index in [0.29, 0.717) is 47.4 Å². The average Bonchev–Trinajstić information content (AvgIpc) is 3.19. The molecule has 0 radical (unpaired) electrons. The summed E-state index contributed by atoms with van der Waals surface area (Å²) in [6.07, 6.45) is 5.06. The van der Waals surface area contributed by atoms with Crippen molar-refractivity contribution in [2.45, 2.75) is 38.0 Å². The lowest BCUT2D eigenvalue weighted by atomic mass is 9.99. The summed E-state index contributed by atoms with van der Waals surface area (Å²) in [5.41, 5.74) is 3.63. The van der Waals surface area contributed by atoms with E-state index in [2.05, 4.69) is 15.0 Å². The number of amides is 1. The van der Waals surface area contributed by atoms with E-state index in [-0.39, 0.29) is 18.7 Å². The molecule has 0 bridgehead atoms. The molecule has 2 atom stereocenters. The van der Waals surface area contributed by atoms with E-state index in [0.717, 1.165) is 22.1 Å². The lowest BCUT2D eigenvalue weighted by molar-refractivity contribution is 0.0597. The predicted molar refractivity (Wildman–Crippen MR) is 156 cm³/mol. The predicted octanol–water partition coefficient (Wildman–Crippen LogP) is 4.92. The van der Waals surface area contributed by atoms with Crippen molar-refractivity contribution in [1.29, 1.82) is 0 Å². The van der Waals surface area contributed by atoms with Crippen LogP contribution in [-0.4, -0.2) is 54.8 Å². The third-order valence-corrected chi connectivity index (χ3v) is 7.73. The molecule has 1 aliphatic heterocycles. The molecule has 9 nitrogen and oxygen atoms in total. The second kappa shape index (κ2) is 11.6. The lowest BCUT2D eigenvalue weighted by Gasteiger charge is -2.25. The van der Waals surface area contributed by atoms with Crippen LogP contribution < -0.4 is 5.56 Å². The number of halogens is 1. The van der Waals surface area contributed by atoms with Crippen molar-refractivity contribution in [2.75, 3.05) is 13.1 Å². The van der Waals surface area contributed by atoms with Crippen LogP contribution in [0, 0.1) is 0 Å². The number of hydrogen-bond acceptors (Lipinski definition) is 7. The first-order valence-corrected chi connectivity index (χ1v) is 13.9. The monoisotopic (exact) mass is 569 g/mol. The van der Waals surface area contributed by atoms with Crippen LogP contribution in [0.2, 0.25) is 5.15 Å². The summed E-state index contributed by atoms with van der Waals surface area (Å²) in [5.74, 6) is 0. The van der Waals surface area contributed by atoms with Crippen molar-refractivity contribution in [1.82, 2.24) is 24.4 Å². The number of carbonyl (C=O) groups excluding carboxylic acids is 1. The minimum Gasteiger partial charge on any atom is -0.445 e. The number of aliphatic hydroxyl groups is 1. The van der Waals surface area contributed by atoms with Crippen LogP contribution in [0.15, 0.2) is 84.2 Å². The molecule has 1 amide bonds. The van der Waals surface area contributed by atoms with E-state index in [1.165, 1.54) is 15.8 Å². The van der Waals surface area contributed by atoms with Gasteiger partial charge in [0.05, 0.1) is 35.9 Å². The van der Waals surface area contributed by atoms with Crippen molar-refractivity contribution in [3.63, 3.8) is 0 Å². The molecule has 1 N–H and O–H groups in total. The average molecular weight is 570 g/mol. The molecule has 5 aromatic rings. The smallest absolute Gasteiger partial charge is 0.410 e. The first kappa shape index (κ1) is 26.9. The normalized spacial score (nSPS) is 17.5. The third kappa shape index (κ3) is 5.64. The molecule has 4 heterocycles. The molecule has 208 valence electrons. The molecule has 6 rings (SSSR count). The topological polar surface area (TPSA) is 110 Å². The highest BCUT2D eigenvalue weighted by Crippen LogP contribution is 2.28. The van der Waals surface area contributed by atoms with Crippen LogP contribution in [0.25, 0.3) is 21.8 Å². The number of rotatable bonds is 5. The van der Waals surface area contributed by atoms with Crippen molar-refractivity contribution in [2.24, 2.45) is 0 Å². The second-order valence-electron chi connectivity index (χ2n) is 10.2. The highest BCUT2D eigenvalue weighted by molar-refractivity contribution is 6.29. The van der Waals surface area contributed by atoms with Gasteiger partial charge in [0.15, 0.2) is 0 Å². The van der Waals surface area contributed by atoms with Gasteiger partial charge >= 0.3 is 6.09 Å². The van der Waals surface area contributed by atoms with Gasteiger partial charge in [0.2, 0.25) is 0 Å². The quantitative estimate of drug-likeness (QED) is 0.236. The zero-order valence-corrected chi connectivity index (χ0v) is 22.9. The van der Waals surface area contributed by atoms with Gasteiger partial charge in [-0.05, 0) is 54.2 Å². The summed E-state index contributed by atoms with van der Waals surface area (Å²) in [4.78, 5) is 41.6. The Kier molecular flexibility index (Phi) is 7.63. The Balaban J connectivity index is 1.29. The molecule has 1 saturated heterocycles. The van der Waals surface area contributed by atoms with Crippen LogP contribution in [0.4, 0.5) is 4.79 Å². The molecule has 10 heteroatoms. The number of hydrogen-bond donors (Lipinski definition) is 1. The minimum atomic E-state index is -0.975. The number of benzene rings is 2. The van der Waals surface area contributed by atoms with Gasteiger partial charge in [-0.15, -0.1) is 0 Å². The maximum atomic E-state index is 13.9. The highest BCUT2D eigenvalue weighted by atomic mass is 35.5. The number of aromatic nitrogens is 4. The molecule has 2 unspecified atom stereocenters. The summed E-state index contributed by atoms with van der Waals surface area (Å²) < 4.78 is 6.97. The molecule has 2 aromatic carbocycles. The SMILES string of the molecule is O=C(OCc1ccccc1)N1CCCC(n2cnc3c(cc(Cc4ccc(Cl)nc4)c4cccnc43)c2=O)C(O)C1. The van der Waals surface area contributed by atoms with Gasteiger partial charge < -0.3 is 14.7 Å². The maximum absolute atomic E-state index is 13.9. The molecular weight excluding hydrogens is 542 g/mol. The fourth-order valence-electron chi connectivity index (χ4n) is 5.44. The lowest BCUT2D eigenvalue weighted by Crippen LogP contribution is -2.40. The largest absolute Gasteiger partial charge is 0.445 e. The Hall–Kier alpha value is -4.34. The number of carbonyl (C=O) groups is 1. The molecular formula is C31H28ClN5O4. The summed E-state index contributed by atoms with van der Waals surface area (Å²) >= 11 is 5.97. The number of ether oxygens (including phenoxy) is 1. The van der Waals surface area contributed by atoms with E-state index in [4.69, 9.17) is 16.3 Å². The van der Waals surface area contributed by atoms with Gasteiger partial charge in [0, 0.05) is 24.3 Å². The summed E-state index contributed by atoms with van der Waals surface area (Å²) in [7, 11) is 0. The Bertz CT molecular complexity index is 1760. The summed E-state index contributed by atoms with van der Waals surface area (Å²) in [6.45, 7) is 0.627. The van der Waals surface area contributed by atoms with Crippen molar-refractivity contribution < 1.29 is 14.6 Å². The molecule has 0 aliphatic carbocycles. The molecule has 3 aromatic heterocycles. The van der Waals surface area contributed by atoms with E-state index in [9.17, 15) is 14.7 Å². The van der Waals surface area contributed by atoms with E-state index in [1.807, 2.05) is 54.6 Å². The van der Waals surface area contributed by atoms with E-state index in [1.54, 1.807) is 18.5 Å². The van der Waals surface area contributed by atoms with Crippen molar-refractivity contribution >= 4 is 39.5 Å². The first-order chi connectivity index (χ1) is 20.0. The molecule has 41 heavy (non-hydrogen) atoms. The zero-order valence-electron chi connectivity index (χ0n) is 22.2. The fourth-order valence-corrected chi connectivity index (χ4v) is 5.55. The van der Waals surface area contributed by atoms with Crippen molar-refractivity contribution in [3.8, 4) is 0 Å². The van der Waals surface area contributed by atoms with Gasteiger partial charge in [-0.2, -0.15) is 0 Å². The number of nitrogens with zero attached hydrogens (tertiary/aromatic N) is 5. The standard InChI is InChI=1S/C31H28ClN5O4/c32-27-11-10-21(16-34-27)14-22-15-24-29(28-23(22)8-4-12-33-28)35-19-37(30(24)39)25-9-5-13-36(17-26(25)38)31(40)41-18-20-6-2-1-3-7-20/h1-4,6-8,10-12,15-16,19,25-26,38H,5,9,13-14,17-18H2. The Morgan fingerprint density at radius 2 is 1.83 bits per heavy atom. The number of aliphatic hydroxyl groups excluding tert-OH is 1. The van der Waals surface area contributed by atoms with Crippen LogP contribution in [-0.2, 0) is 17.8 Å². The van der Waals surface area contributed by atoms with Crippen molar-refractivity contribution in [3.05, 3.63) is 112 Å². The molecule has 0 spiro atoms. The molecule has 1 fully saturated rings. The number of fused-ring (bicyclic) bond motifs is 3. The summed E-state index contributed by atoms with van der Waals surface area (Å²) in [5, 5.41) is 12.9. The Morgan fingerprint density at radius 1 is 1.00 bits per heavy atom. The van der Waals surface area contributed by atoms with Gasteiger partial charge in [0.1, 0.15) is 17.3 Å². The molecule has 1 aliphatic rings. The number of β-amino-alcohol motifs (C(OH)–C–C–N with tert-alkyl or cyclic N) is 1. The minimum absolute atomic E-state index is 0.0524. The van der Waals surface area contributed by atoms with Gasteiger partial charge in [-0.25, -0.2) is 14.8 Å². The molecule has 0 saturated carbocycles. The summed E-state index contributed by atoms with van der Waals surface area (Å²) in [6, 6.07) is 18.2. The fraction of sp³-hybridized carbons (Fsp3) is 0.258. The maximum Gasteiger partial charge on any atom is 0.410 e. The highest BCUT2D eigenvalue weighted by Gasteiger charge is 2.31. The Morgan fingerprint density at radius 3 is 2.63 bits per heavy atom. The second-order valence-corrected chi connectivity index (χ2v) is 10.6. The van der Waals surface area contributed by atoms with Crippen LogP contribution in [0.5, 0.6) is 0 Å². The van der Waals surface area contributed by atoms with Gasteiger partial charge in [0.25, 0.3) is 5.56 Å². The van der Waals surface area contributed by atoms with Crippen LogP contribution in [0.1, 0.15) is 35.6 Å². The number of likely N-dealkylation sites (tertiary alicyclic amines) is 1. The van der Waals surface area contributed by atoms with E-state index < -0.39 is 18.2 Å².